The summed E-state index contributed by atoms with van der Waals surface area (Å²) >= 11 is 0. The van der Waals surface area contributed by atoms with E-state index in [0.717, 1.165) is 23.3 Å². The van der Waals surface area contributed by atoms with Gasteiger partial charge in [-0.05, 0) is 37.1 Å². The first-order valence-electron chi connectivity index (χ1n) is 8.31. The number of sulfonamides is 1. The number of hydrogen-bond donors (Lipinski definition) is 3. The lowest BCUT2D eigenvalue weighted by Gasteiger charge is -2.16. The van der Waals surface area contributed by atoms with Gasteiger partial charge in [0.25, 0.3) is 0 Å². The molecule has 2 aromatic rings. The van der Waals surface area contributed by atoms with Crippen molar-refractivity contribution in [2.75, 3.05) is 15.5 Å². The summed E-state index contributed by atoms with van der Waals surface area (Å²) in [5.74, 6) is -1.96. The van der Waals surface area contributed by atoms with Crippen LogP contribution >= 0.6 is 0 Å². The molecule has 27 heavy (non-hydrogen) atoms. The Morgan fingerprint density at radius 2 is 2.07 bits per heavy atom. The first kappa shape index (κ1) is 19.1. The van der Waals surface area contributed by atoms with Crippen LogP contribution in [-0.2, 0) is 10.0 Å². The minimum atomic E-state index is -3.70. The van der Waals surface area contributed by atoms with Gasteiger partial charge in [-0.15, -0.1) is 5.53 Å². The second-order valence-electron chi connectivity index (χ2n) is 6.15. The maximum absolute atomic E-state index is 14.9. The van der Waals surface area contributed by atoms with E-state index in [1.807, 2.05) is 13.0 Å². The second kappa shape index (κ2) is 7.49. The fourth-order valence-corrected chi connectivity index (χ4v) is 3.82. The van der Waals surface area contributed by atoms with Crippen molar-refractivity contribution in [2.45, 2.75) is 20.3 Å². The predicted octanol–water partition coefficient (Wildman–Crippen LogP) is 1.62. The highest BCUT2D eigenvalue weighted by Gasteiger charge is 2.27. The van der Waals surface area contributed by atoms with E-state index in [4.69, 9.17) is 0 Å². The smallest absolute Gasteiger partial charge is 0.232 e. The van der Waals surface area contributed by atoms with Crippen LogP contribution in [0, 0.1) is 18.6 Å². The molecule has 1 aromatic heterocycles. The van der Waals surface area contributed by atoms with Crippen molar-refractivity contribution in [3.05, 3.63) is 59.6 Å². The van der Waals surface area contributed by atoms with Crippen molar-refractivity contribution in [3.63, 3.8) is 0 Å². The van der Waals surface area contributed by atoms with Gasteiger partial charge in [0.2, 0.25) is 10.0 Å². The summed E-state index contributed by atoms with van der Waals surface area (Å²) in [6.07, 6.45) is 5.23. The van der Waals surface area contributed by atoms with Gasteiger partial charge in [-0.25, -0.2) is 22.6 Å². The third kappa shape index (κ3) is 4.17. The van der Waals surface area contributed by atoms with Crippen molar-refractivity contribution in [1.29, 1.82) is 0 Å². The normalized spacial score (nSPS) is 14.1. The Balaban J connectivity index is 1.94. The Morgan fingerprint density at radius 3 is 2.78 bits per heavy atom. The third-order valence-corrected chi connectivity index (χ3v) is 5.35. The summed E-state index contributed by atoms with van der Waals surface area (Å²) in [5, 5.41) is 1.24. The van der Waals surface area contributed by atoms with Gasteiger partial charge in [-0.2, -0.15) is 5.01 Å². The summed E-state index contributed by atoms with van der Waals surface area (Å²) in [6.45, 7) is 3.59. The minimum absolute atomic E-state index is 0.152. The summed E-state index contributed by atoms with van der Waals surface area (Å²) in [7, 11) is -3.70. The molecule has 3 rings (SSSR count). The number of rotatable bonds is 6. The van der Waals surface area contributed by atoms with Crippen molar-refractivity contribution in [1.82, 2.24) is 10.4 Å². The predicted molar refractivity (Wildman–Crippen MR) is 98.5 cm³/mol. The molecule has 0 unspecified atom stereocenters. The van der Waals surface area contributed by atoms with Gasteiger partial charge in [0.05, 0.1) is 17.6 Å². The number of benzene rings is 1. The molecule has 144 valence electrons. The molecule has 0 radical (unpaired) electrons. The number of nitrogens with one attached hydrogen (secondary N) is 2. The molecule has 7 nitrogen and oxygen atoms in total. The summed E-state index contributed by atoms with van der Waals surface area (Å²) in [4.78, 5) is 4.10. The summed E-state index contributed by atoms with van der Waals surface area (Å²) in [5.41, 5.74) is 5.97. The number of aromatic nitrogens is 1. The van der Waals surface area contributed by atoms with Gasteiger partial charge >= 0.3 is 0 Å². The number of quaternary nitrogens is 1. The minimum Gasteiger partial charge on any atom is -0.280 e. The molecule has 1 aliphatic rings. The molecule has 0 saturated carbocycles. The van der Waals surface area contributed by atoms with Gasteiger partial charge in [-0.3, -0.25) is 9.71 Å². The van der Waals surface area contributed by atoms with Gasteiger partial charge < -0.3 is 0 Å². The maximum atomic E-state index is 14.9. The van der Waals surface area contributed by atoms with Crippen LogP contribution in [0.25, 0.3) is 5.70 Å². The van der Waals surface area contributed by atoms with Crippen LogP contribution in [0.15, 0.2) is 36.8 Å². The largest absolute Gasteiger partial charge is 0.280 e. The van der Waals surface area contributed by atoms with E-state index in [0.29, 0.717) is 12.1 Å². The number of nitrogens with zero attached hydrogens (tertiary/aromatic N) is 2. The molecule has 4 N–H and O–H groups in total. The molecule has 0 saturated heterocycles. The average Bonchev–Trinajstić information content (AvgIpc) is 3.07. The SMILES string of the molecule is CCCS(=O)(=O)Nc1ccc(F)c(N2C=C(c3cncc(C)c3)N[NH2+]2)c1F. The lowest BCUT2D eigenvalue weighted by molar-refractivity contribution is -0.696. The molecule has 0 bridgehead atoms. The molecule has 10 heteroatoms. The molecule has 0 atom stereocenters. The molecule has 0 spiro atoms. The summed E-state index contributed by atoms with van der Waals surface area (Å²) < 4.78 is 55.2. The number of halogens is 2. The molecular weight excluding hydrogens is 376 g/mol. The molecule has 0 amide bonds. The second-order valence-corrected chi connectivity index (χ2v) is 7.99. The summed E-state index contributed by atoms with van der Waals surface area (Å²) in [6, 6.07) is 3.97. The number of hydrogen-bond acceptors (Lipinski definition) is 5. The van der Waals surface area contributed by atoms with E-state index in [1.54, 1.807) is 19.3 Å². The maximum Gasteiger partial charge on any atom is 0.232 e. The Morgan fingerprint density at radius 1 is 1.30 bits per heavy atom. The van der Waals surface area contributed by atoms with Crippen LogP contribution in [0.1, 0.15) is 24.5 Å². The highest BCUT2D eigenvalue weighted by Crippen LogP contribution is 2.30. The molecule has 0 fully saturated rings. The zero-order valence-corrected chi connectivity index (χ0v) is 15.6. The molecular formula is C17H20F2N5O2S+. The van der Waals surface area contributed by atoms with E-state index < -0.39 is 21.7 Å². The number of pyridine rings is 1. The topological polar surface area (TPSA) is 90.9 Å². The van der Waals surface area contributed by atoms with Gasteiger partial charge in [0, 0.05) is 18.0 Å². The average molecular weight is 396 g/mol. The first-order chi connectivity index (χ1) is 12.8. The van der Waals surface area contributed by atoms with E-state index in [1.165, 1.54) is 16.7 Å². The van der Waals surface area contributed by atoms with Crippen molar-refractivity contribution in [3.8, 4) is 0 Å². The van der Waals surface area contributed by atoms with E-state index >= 15 is 0 Å². The van der Waals surface area contributed by atoms with Crippen LogP contribution in [0.3, 0.4) is 0 Å². The van der Waals surface area contributed by atoms with E-state index in [-0.39, 0.29) is 17.1 Å². The zero-order chi connectivity index (χ0) is 19.6. The van der Waals surface area contributed by atoms with Crippen LogP contribution in [0.4, 0.5) is 20.2 Å². The lowest BCUT2D eigenvalue weighted by atomic mass is 10.2. The third-order valence-electron chi connectivity index (χ3n) is 3.88. The molecule has 1 aromatic carbocycles. The fraction of sp³-hybridized carbons (Fsp3) is 0.235. The highest BCUT2D eigenvalue weighted by atomic mass is 32.2. The van der Waals surface area contributed by atoms with Crippen LogP contribution in [0.5, 0.6) is 0 Å². The molecule has 2 heterocycles. The molecule has 0 aliphatic carbocycles. The quantitative estimate of drug-likeness (QED) is 0.646. The van der Waals surface area contributed by atoms with Crippen LogP contribution in [-0.4, -0.2) is 19.2 Å². The number of anilines is 2. The lowest BCUT2D eigenvalue weighted by Crippen LogP contribution is -2.97. The Hall–Kier alpha value is -2.72. The van der Waals surface area contributed by atoms with Gasteiger partial charge in [-0.1, -0.05) is 6.92 Å². The zero-order valence-electron chi connectivity index (χ0n) is 14.8. The van der Waals surface area contributed by atoms with Crippen molar-refractivity contribution >= 4 is 27.1 Å². The van der Waals surface area contributed by atoms with Gasteiger partial charge in [0.1, 0.15) is 5.70 Å². The van der Waals surface area contributed by atoms with Crippen molar-refractivity contribution < 1.29 is 22.7 Å². The Kier molecular flexibility index (Phi) is 5.29. The Labute approximate surface area is 156 Å². The van der Waals surface area contributed by atoms with Crippen LogP contribution < -0.4 is 20.7 Å². The number of nitrogens with two attached hydrogens (primary N) is 1. The fourth-order valence-electron chi connectivity index (χ4n) is 2.69. The highest BCUT2D eigenvalue weighted by molar-refractivity contribution is 7.92. The van der Waals surface area contributed by atoms with Crippen molar-refractivity contribution in [2.24, 2.45) is 0 Å². The standard InChI is InChI=1S/C17H19F2N5O2S/c1-3-6-27(25,26)22-14-5-4-13(18)17(16(14)19)24-10-15(21-23-24)12-7-11(2)8-20-9-12/h4-5,7-10,21-23H,3,6H2,1-2H3/p+1. The monoisotopic (exact) mass is 396 g/mol. The van der Waals surface area contributed by atoms with E-state index in [2.05, 4.69) is 15.1 Å². The Bertz CT molecular complexity index is 995. The van der Waals surface area contributed by atoms with Crippen LogP contribution in [0.2, 0.25) is 0 Å². The number of aryl methyl sites for hydroxylation is 1. The van der Waals surface area contributed by atoms with Gasteiger partial charge in [0.15, 0.2) is 17.3 Å². The first-order valence-corrected chi connectivity index (χ1v) is 9.96. The van der Waals surface area contributed by atoms with E-state index in [9.17, 15) is 17.2 Å². The molecule has 1 aliphatic heterocycles.